The van der Waals surface area contributed by atoms with Crippen LogP contribution in [0.1, 0.15) is 0 Å². The van der Waals surface area contributed by atoms with Gasteiger partial charge in [-0.15, -0.1) is 11.3 Å². The van der Waals surface area contributed by atoms with E-state index >= 15 is 0 Å². The van der Waals surface area contributed by atoms with Crippen molar-refractivity contribution in [3.05, 3.63) is 27.2 Å². The van der Waals surface area contributed by atoms with Crippen molar-refractivity contribution < 1.29 is 0 Å². The minimum atomic E-state index is -0.0996. The lowest BCUT2D eigenvalue weighted by atomic mass is 10.5. The molecule has 2 aliphatic rings. The number of hydrogen-bond acceptors (Lipinski definition) is 4. The van der Waals surface area contributed by atoms with Gasteiger partial charge in [-0.1, -0.05) is 17.4 Å². The Kier molecular flexibility index (Phi) is 1.28. The third kappa shape index (κ3) is 0.853. The summed E-state index contributed by atoms with van der Waals surface area (Å²) in [6.07, 6.45) is 0. The van der Waals surface area contributed by atoms with E-state index in [-0.39, 0.29) is 4.87 Å². The quantitative estimate of drug-likeness (QED) is 0.600. The number of rotatable bonds is 0. The Balaban J connectivity index is 2.88. The smallest absolute Gasteiger partial charge is 0.255 e. The highest BCUT2D eigenvalue weighted by molar-refractivity contribution is 7.20. The van der Waals surface area contributed by atoms with Crippen molar-refractivity contribution in [3.8, 4) is 9.88 Å². The molecule has 0 atom stereocenters. The van der Waals surface area contributed by atoms with Crippen molar-refractivity contribution >= 4 is 22.7 Å². The SMILES string of the molecule is O=c1nc2scccc-2s1. The minimum absolute atomic E-state index is 0.0996. The molecule has 0 fully saturated rings. The van der Waals surface area contributed by atoms with Crippen LogP contribution in [0.3, 0.4) is 0 Å². The van der Waals surface area contributed by atoms with Gasteiger partial charge in [0, 0.05) is 0 Å². The van der Waals surface area contributed by atoms with Crippen LogP contribution >= 0.6 is 22.7 Å². The highest BCUT2D eigenvalue weighted by Gasteiger charge is 2.05. The summed E-state index contributed by atoms with van der Waals surface area (Å²) in [5, 5.41) is 2.76. The molecule has 2 nitrogen and oxygen atoms in total. The van der Waals surface area contributed by atoms with Crippen LogP contribution in [0.4, 0.5) is 0 Å². The summed E-state index contributed by atoms with van der Waals surface area (Å²) in [4.78, 5) is 15.4. The molecule has 0 saturated carbocycles. The zero-order valence-corrected chi connectivity index (χ0v) is 6.54. The maximum atomic E-state index is 10.7. The molecule has 0 spiro atoms. The normalized spacial score (nSPS) is 10.4. The van der Waals surface area contributed by atoms with E-state index in [1.165, 1.54) is 22.7 Å². The summed E-state index contributed by atoms with van der Waals surface area (Å²) in [6, 6.07) is 3.83. The van der Waals surface area contributed by atoms with Crippen molar-refractivity contribution in [1.82, 2.24) is 4.98 Å². The molecule has 2 heterocycles. The van der Waals surface area contributed by atoms with Gasteiger partial charge in [0.2, 0.25) is 0 Å². The summed E-state index contributed by atoms with van der Waals surface area (Å²) >= 11 is 2.69. The van der Waals surface area contributed by atoms with Crippen LogP contribution in [0.2, 0.25) is 0 Å². The van der Waals surface area contributed by atoms with Gasteiger partial charge >= 0.3 is 4.87 Å². The second kappa shape index (κ2) is 2.14. The highest BCUT2D eigenvalue weighted by atomic mass is 32.1. The molecule has 0 aromatic heterocycles. The highest BCUT2D eigenvalue weighted by Crippen LogP contribution is 2.24. The van der Waals surface area contributed by atoms with Crippen LogP contribution in [0.15, 0.2) is 22.3 Å². The van der Waals surface area contributed by atoms with Gasteiger partial charge in [0.25, 0.3) is 0 Å². The molecule has 0 radical (unpaired) electrons. The predicted octanol–water partition coefficient (Wildman–Crippen LogP) is 1.67. The summed E-state index contributed by atoms with van der Waals surface area (Å²) in [5.74, 6) is 0. The molecular formula is C6H3NOS2. The Labute approximate surface area is 65.1 Å². The molecule has 0 bridgehead atoms. The summed E-state index contributed by atoms with van der Waals surface area (Å²) in [6.45, 7) is 0. The Morgan fingerprint density at radius 2 is 2.40 bits per heavy atom. The first-order valence-electron chi connectivity index (χ1n) is 2.70. The maximum absolute atomic E-state index is 10.7. The molecule has 50 valence electrons. The van der Waals surface area contributed by atoms with E-state index in [9.17, 15) is 4.79 Å². The predicted molar refractivity (Wildman–Crippen MR) is 42.9 cm³/mol. The largest absolute Gasteiger partial charge is 0.328 e. The van der Waals surface area contributed by atoms with Crippen molar-refractivity contribution in [1.29, 1.82) is 0 Å². The molecular weight excluding hydrogens is 166 g/mol. The van der Waals surface area contributed by atoms with Crippen molar-refractivity contribution in [2.45, 2.75) is 0 Å². The van der Waals surface area contributed by atoms with Crippen LogP contribution in [0.5, 0.6) is 0 Å². The molecule has 0 aromatic carbocycles. The first kappa shape index (κ1) is 6.00. The fraction of sp³-hybridized carbons (Fsp3) is 0. The van der Waals surface area contributed by atoms with Crippen molar-refractivity contribution in [2.24, 2.45) is 0 Å². The molecule has 0 aromatic rings. The molecule has 2 aliphatic heterocycles. The molecule has 0 aliphatic carbocycles. The molecule has 0 unspecified atom stereocenters. The minimum Gasteiger partial charge on any atom is -0.255 e. The van der Waals surface area contributed by atoms with Gasteiger partial charge in [-0.2, -0.15) is 4.98 Å². The summed E-state index contributed by atoms with van der Waals surface area (Å²) in [7, 11) is 0. The van der Waals surface area contributed by atoms with Crippen LogP contribution in [0.25, 0.3) is 9.88 Å². The monoisotopic (exact) mass is 169 g/mol. The first-order valence-corrected chi connectivity index (χ1v) is 4.40. The van der Waals surface area contributed by atoms with Crippen molar-refractivity contribution in [2.75, 3.05) is 0 Å². The first-order chi connectivity index (χ1) is 4.86. The third-order valence-electron chi connectivity index (χ3n) is 1.11. The lowest BCUT2D eigenvalue weighted by molar-refractivity contribution is 1.38. The van der Waals surface area contributed by atoms with Crippen LogP contribution in [-0.2, 0) is 0 Å². The van der Waals surface area contributed by atoms with E-state index in [1.807, 2.05) is 17.5 Å². The van der Waals surface area contributed by atoms with Gasteiger partial charge in [0.05, 0.1) is 4.88 Å². The van der Waals surface area contributed by atoms with E-state index in [0.717, 1.165) is 9.88 Å². The van der Waals surface area contributed by atoms with Gasteiger partial charge < -0.3 is 0 Å². The van der Waals surface area contributed by atoms with Gasteiger partial charge in [0.15, 0.2) is 0 Å². The Bertz CT molecular complexity index is 331. The van der Waals surface area contributed by atoms with E-state index < -0.39 is 0 Å². The van der Waals surface area contributed by atoms with Gasteiger partial charge in [-0.05, 0) is 11.4 Å². The zero-order chi connectivity index (χ0) is 6.97. The second-order valence-corrected chi connectivity index (χ2v) is 3.65. The number of hydrogen-bond donors (Lipinski definition) is 0. The number of fused-ring (bicyclic) bond motifs is 1. The zero-order valence-electron chi connectivity index (χ0n) is 4.90. The van der Waals surface area contributed by atoms with E-state index in [1.54, 1.807) is 0 Å². The second-order valence-electron chi connectivity index (χ2n) is 1.76. The molecule has 4 heteroatoms. The molecule has 0 saturated heterocycles. The topological polar surface area (TPSA) is 30.0 Å². The van der Waals surface area contributed by atoms with Gasteiger partial charge in [-0.25, -0.2) is 0 Å². The van der Waals surface area contributed by atoms with Gasteiger partial charge in [0.1, 0.15) is 5.01 Å². The fourth-order valence-corrected chi connectivity index (χ4v) is 2.26. The van der Waals surface area contributed by atoms with Crippen LogP contribution in [-0.4, -0.2) is 4.98 Å². The Morgan fingerprint density at radius 3 is 3.20 bits per heavy atom. The Morgan fingerprint density at radius 1 is 1.50 bits per heavy atom. The van der Waals surface area contributed by atoms with Crippen LogP contribution in [0, 0.1) is 0 Å². The van der Waals surface area contributed by atoms with E-state index in [4.69, 9.17) is 0 Å². The summed E-state index contributed by atoms with van der Waals surface area (Å²) in [5.41, 5.74) is 0. The number of aromatic nitrogens is 1. The Hall–Kier alpha value is -0.740. The molecule has 2 rings (SSSR count). The lowest BCUT2D eigenvalue weighted by Crippen LogP contribution is -1.88. The average molecular weight is 169 g/mol. The number of thiazole rings is 1. The molecule has 10 heavy (non-hydrogen) atoms. The van der Waals surface area contributed by atoms with Crippen molar-refractivity contribution in [3.63, 3.8) is 0 Å². The van der Waals surface area contributed by atoms with Gasteiger partial charge in [-0.3, -0.25) is 4.79 Å². The maximum Gasteiger partial charge on any atom is 0.328 e. The van der Waals surface area contributed by atoms with Crippen LogP contribution < -0.4 is 4.87 Å². The molecule has 0 N–H and O–H groups in total. The van der Waals surface area contributed by atoms with E-state index in [2.05, 4.69) is 4.98 Å². The summed E-state index contributed by atoms with van der Waals surface area (Å²) < 4.78 is 0. The fourth-order valence-electron chi connectivity index (χ4n) is 0.719. The lowest BCUT2D eigenvalue weighted by Gasteiger charge is -1.87. The standard InChI is InChI=1S/C6H3NOS2/c8-6-7-5-4(10-6)2-1-3-9-5/h1-3H. The third-order valence-corrected chi connectivity index (χ3v) is 2.88. The average Bonchev–Trinajstić information content (AvgIpc) is 2.27. The van der Waals surface area contributed by atoms with E-state index in [0.29, 0.717) is 0 Å². The number of nitrogens with zero attached hydrogens (tertiary/aromatic N) is 1. The molecule has 0 amide bonds.